The minimum Gasteiger partial charge on any atom is -0.496 e. The lowest BCUT2D eigenvalue weighted by atomic mass is 9.89. The second-order valence-corrected chi connectivity index (χ2v) is 9.26. The summed E-state index contributed by atoms with van der Waals surface area (Å²) in [6, 6.07) is 13.3. The zero-order valence-corrected chi connectivity index (χ0v) is 21.0. The number of nitrogens with one attached hydrogen (secondary N) is 2. The van der Waals surface area contributed by atoms with Gasteiger partial charge in [0.15, 0.2) is 0 Å². The molecule has 0 unspecified atom stereocenters. The van der Waals surface area contributed by atoms with Crippen LogP contribution in [0.5, 0.6) is 5.75 Å². The van der Waals surface area contributed by atoms with Gasteiger partial charge >= 0.3 is 6.03 Å². The number of ether oxygens (including phenoxy) is 1. The maximum Gasteiger partial charge on any atom is 0.319 e. The number of amides is 3. The van der Waals surface area contributed by atoms with Crippen LogP contribution in [0.2, 0.25) is 0 Å². The third-order valence-corrected chi connectivity index (χ3v) is 6.83. The van der Waals surface area contributed by atoms with Crippen LogP contribution in [0.15, 0.2) is 67.3 Å². The number of carbonyl (C=O) groups is 2. The van der Waals surface area contributed by atoms with Crippen LogP contribution >= 0.6 is 0 Å². The number of aromatic nitrogens is 3. The van der Waals surface area contributed by atoms with Gasteiger partial charge in [-0.15, -0.1) is 0 Å². The highest BCUT2D eigenvalue weighted by atomic mass is 16.5. The zero-order valence-electron chi connectivity index (χ0n) is 21.0. The van der Waals surface area contributed by atoms with Gasteiger partial charge in [0.2, 0.25) is 0 Å². The molecule has 37 heavy (non-hydrogen) atoms. The average molecular weight is 499 g/mol. The Morgan fingerprint density at radius 3 is 2.59 bits per heavy atom. The molecule has 3 aromatic heterocycles. The van der Waals surface area contributed by atoms with E-state index in [2.05, 4.69) is 32.7 Å². The van der Waals surface area contributed by atoms with Crippen LogP contribution in [0.3, 0.4) is 0 Å². The molecule has 0 saturated carbocycles. The second kappa shape index (κ2) is 10.7. The summed E-state index contributed by atoms with van der Waals surface area (Å²) in [6.07, 6.45) is 8.98. The number of imidazole rings is 1. The number of aryl methyl sites for hydroxylation is 1. The van der Waals surface area contributed by atoms with Crippen LogP contribution in [-0.4, -0.2) is 51.4 Å². The summed E-state index contributed by atoms with van der Waals surface area (Å²) < 4.78 is 7.25. The van der Waals surface area contributed by atoms with Crippen molar-refractivity contribution in [2.24, 2.45) is 0 Å². The number of carbonyl (C=O) groups excluding carboxylic acids is 2. The lowest BCUT2D eigenvalue weighted by Crippen LogP contribution is -2.38. The molecule has 0 spiro atoms. The molecule has 4 heterocycles. The van der Waals surface area contributed by atoms with E-state index in [0.29, 0.717) is 37.0 Å². The maximum absolute atomic E-state index is 12.9. The van der Waals surface area contributed by atoms with E-state index in [1.54, 1.807) is 25.6 Å². The van der Waals surface area contributed by atoms with Gasteiger partial charge in [0.05, 0.1) is 7.11 Å². The largest absolute Gasteiger partial charge is 0.496 e. The van der Waals surface area contributed by atoms with Gasteiger partial charge in [0, 0.05) is 61.7 Å². The smallest absolute Gasteiger partial charge is 0.319 e. The van der Waals surface area contributed by atoms with Gasteiger partial charge in [-0.25, -0.2) is 9.78 Å². The van der Waals surface area contributed by atoms with Crippen molar-refractivity contribution in [1.29, 1.82) is 0 Å². The lowest BCUT2D eigenvalue weighted by Gasteiger charge is -2.32. The number of likely N-dealkylation sites (tertiary alicyclic amines) is 1. The normalized spacial score (nSPS) is 13.9. The molecule has 3 amide bonds. The molecule has 9 heteroatoms. The van der Waals surface area contributed by atoms with E-state index in [1.165, 1.54) is 5.56 Å². The molecule has 9 nitrogen and oxygen atoms in total. The van der Waals surface area contributed by atoms with Crippen molar-refractivity contribution >= 4 is 23.3 Å². The first kappa shape index (κ1) is 24.3. The van der Waals surface area contributed by atoms with Gasteiger partial charge in [0.25, 0.3) is 5.91 Å². The van der Waals surface area contributed by atoms with Gasteiger partial charge < -0.3 is 24.7 Å². The molecule has 5 rings (SSSR count). The minimum atomic E-state index is -0.260. The Kier molecular flexibility index (Phi) is 7.02. The SMILES string of the molecule is COc1cc(C(=O)N2CCC(c3ccc(NC(=O)NCc4ccn5ccnc5c4)cc3)CC2)ncc1C. The molecule has 1 aliphatic heterocycles. The zero-order chi connectivity index (χ0) is 25.8. The van der Waals surface area contributed by atoms with Crippen molar-refractivity contribution in [3.63, 3.8) is 0 Å². The first-order valence-electron chi connectivity index (χ1n) is 12.4. The van der Waals surface area contributed by atoms with E-state index in [0.717, 1.165) is 35.3 Å². The number of benzene rings is 1. The van der Waals surface area contributed by atoms with Gasteiger partial charge in [-0.3, -0.25) is 9.78 Å². The summed E-state index contributed by atoms with van der Waals surface area (Å²) in [6.45, 7) is 3.67. The number of fused-ring (bicyclic) bond motifs is 1. The lowest BCUT2D eigenvalue weighted by molar-refractivity contribution is 0.0706. The van der Waals surface area contributed by atoms with Crippen molar-refractivity contribution < 1.29 is 14.3 Å². The van der Waals surface area contributed by atoms with Gasteiger partial charge in [-0.05, 0) is 61.1 Å². The Morgan fingerprint density at radius 2 is 1.84 bits per heavy atom. The van der Waals surface area contributed by atoms with Crippen LogP contribution in [-0.2, 0) is 6.54 Å². The van der Waals surface area contributed by atoms with E-state index in [1.807, 2.05) is 52.9 Å². The average Bonchev–Trinajstić information content (AvgIpc) is 3.40. The fourth-order valence-electron chi connectivity index (χ4n) is 4.68. The second-order valence-electron chi connectivity index (χ2n) is 9.26. The van der Waals surface area contributed by atoms with Crippen molar-refractivity contribution in [1.82, 2.24) is 24.6 Å². The number of rotatable bonds is 6. The summed E-state index contributed by atoms with van der Waals surface area (Å²) in [4.78, 5) is 35.7. The van der Waals surface area contributed by atoms with Gasteiger partial charge in [0.1, 0.15) is 17.1 Å². The molecule has 0 bridgehead atoms. The fraction of sp³-hybridized carbons (Fsp3) is 0.286. The summed E-state index contributed by atoms with van der Waals surface area (Å²) in [5.41, 5.74) is 5.08. The number of pyridine rings is 2. The number of anilines is 1. The van der Waals surface area contributed by atoms with Crippen LogP contribution in [0.4, 0.5) is 10.5 Å². The van der Waals surface area contributed by atoms with E-state index in [-0.39, 0.29) is 11.9 Å². The third kappa shape index (κ3) is 5.55. The fourth-order valence-corrected chi connectivity index (χ4v) is 4.68. The van der Waals surface area contributed by atoms with Crippen LogP contribution in [0, 0.1) is 6.92 Å². The monoisotopic (exact) mass is 498 g/mol. The molecule has 1 saturated heterocycles. The van der Waals surface area contributed by atoms with E-state index < -0.39 is 0 Å². The number of piperidine rings is 1. The topological polar surface area (TPSA) is 101 Å². The van der Waals surface area contributed by atoms with E-state index in [4.69, 9.17) is 4.74 Å². The summed E-state index contributed by atoms with van der Waals surface area (Å²) in [7, 11) is 1.60. The van der Waals surface area contributed by atoms with E-state index >= 15 is 0 Å². The van der Waals surface area contributed by atoms with Gasteiger partial charge in [-0.1, -0.05) is 12.1 Å². The quantitative estimate of drug-likeness (QED) is 0.411. The van der Waals surface area contributed by atoms with Crippen molar-refractivity contribution in [2.45, 2.75) is 32.2 Å². The number of hydrogen-bond donors (Lipinski definition) is 2. The summed E-state index contributed by atoms with van der Waals surface area (Å²) in [5, 5.41) is 5.77. The molecule has 190 valence electrons. The van der Waals surface area contributed by atoms with Gasteiger partial charge in [-0.2, -0.15) is 0 Å². The molecule has 0 atom stereocenters. The summed E-state index contributed by atoms with van der Waals surface area (Å²) in [5.74, 6) is 0.975. The minimum absolute atomic E-state index is 0.0629. The molecule has 0 radical (unpaired) electrons. The molecule has 1 fully saturated rings. The molecule has 4 aromatic rings. The van der Waals surface area contributed by atoms with Crippen molar-refractivity contribution in [3.05, 3.63) is 89.6 Å². The third-order valence-electron chi connectivity index (χ3n) is 6.83. The van der Waals surface area contributed by atoms with Crippen molar-refractivity contribution in [2.75, 3.05) is 25.5 Å². The predicted molar refractivity (Wildman–Crippen MR) is 141 cm³/mol. The Morgan fingerprint density at radius 1 is 1.05 bits per heavy atom. The van der Waals surface area contributed by atoms with Crippen LogP contribution in [0.25, 0.3) is 5.65 Å². The standard InChI is InChI=1S/C28H30N6O3/c1-19-17-30-24(16-25(19)37-2)27(35)34-12-8-22(9-13-34)21-3-5-23(6-4-21)32-28(36)31-18-20-7-11-33-14-10-29-26(33)15-20/h3-7,10-11,14-17,22H,8-9,12-13,18H2,1-2H3,(H2,31,32,36). The highest BCUT2D eigenvalue weighted by Gasteiger charge is 2.25. The first-order valence-corrected chi connectivity index (χ1v) is 12.4. The molecule has 2 N–H and O–H groups in total. The highest BCUT2D eigenvalue weighted by molar-refractivity contribution is 5.93. The number of urea groups is 1. The molecule has 1 aliphatic rings. The molecule has 0 aliphatic carbocycles. The van der Waals surface area contributed by atoms with E-state index in [9.17, 15) is 9.59 Å². The highest BCUT2D eigenvalue weighted by Crippen LogP contribution is 2.30. The maximum atomic E-state index is 12.9. The molecular weight excluding hydrogens is 468 g/mol. The number of hydrogen-bond acceptors (Lipinski definition) is 5. The Hall–Kier alpha value is -4.40. The first-order chi connectivity index (χ1) is 18.0. The summed E-state index contributed by atoms with van der Waals surface area (Å²) >= 11 is 0. The van der Waals surface area contributed by atoms with Crippen molar-refractivity contribution in [3.8, 4) is 5.75 Å². The Labute approximate surface area is 215 Å². The Bertz CT molecular complexity index is 1410. The molecule has 1 aromatic carbocycles. The Balaban J connectivity index is 1.11. The number of nitrogens with zero attached hydrogens (tertiary/aromatic N) is 4. The molecular formula is C28H30N6O3. The predicted octanol–water partition coefficient (Wildman–Crippen LogP) is 4.39. The number of methoxy groups -OCH3 is 1. The van der Waals surface area contributed by atoms with Crippen LogP contribution in [0.1, 0.15) is 45.9 Å². The van der Waals surface area contributed by atoms with Crippen LogP contribution < -0.4 is 15.4 Å².